The van der Waals surface area contributed by atoms with Crippen molar-refractivity contribution in [3.63, 3.8) is 0 Å². The van der Waals surface area contributed by atoms with E-state index in [9.17, 15) is 17.6 Å². The number of nitrogens with zero attached hydrogens (tertiary/aromatic N) is 1. The molecule has 0 unspecified atom stereocenters. The molecular weight excluding hydrogens is 503 g/mol. The van der Waals surface area contributed by atoms with E-state index >= 15 is 0 Å². The number of hydrogen-bond acceptors (Lipinski definition) is 6. The van der Waals surface area contributed by atoms with Gasteiger partial charge >= 0.3 is 5.97 Å². The SMILES string of the molecule is CCC[C@H]1CC[C@H]([C@H]2CC[C@H](c3nc(S(=O)(=O)Nc4cc(F)c(C(=O)O)cc4OC)cs3)CC2)CC1. The van der Waals surface area contributed by atoms with E-state index in [1.165, 1.54) is 75.2 Å². The van der Waals surface area contributed by atoms with Crippen LogP contribution in [0, 0.1) is 23.6 Å². The minimum Gasteiger partial charge on any atom is -0.495 e. The molecule has 2 N–H and O–H groups in total. The lowest BCUT2D eigenvalue weighted by atomic mass is 9.69. The highest BCUT2D eigenvalue weighted by Gasteiger charge is 2.32. The first-order valence-corrected chi connectivity index (χ1v) is 15.2. The molecular formula is C26H35FN2O5S2. The minimum atomic E-state index is -4.10. The maximum atomic E-state index is 14.2. The van der Waals surface area contributed by atoms with Gasteiger partial charge in [0.15, 0.2) is 5.03 Å². The molecule has 0 saturated heterocycles. The van der Waals surface area contributed by atoms with Crippen LogP contribution in [0.15, 0.2) is 22.5 Å². The van der Waals surface area contributed by atoms with Crippen LogP contribution in [0.25, 0.3) is 0 Å². The van der Waals surface area contributed by atoms with Gasteiger partial charge in [0.05, 0.1) is 23.4 Å². The zero-order chi connectivity index (χ0) is 25.9. The van der Waals surface area contributed by atoms with E-state index in [0.29, 0.717) is 0 Å². The Morgan fingerprint density at radius 1 is 1.14 bits per heavy atom. The third-order valence-corrected chi connectivity index (χ3v) is 10.3. The largest absolute Gasteiger partial charge is 0.495 e. The Kier molecular flexibility index (Phi) is 8.55. The number of carbonyl (C=O) groups is 1. The predicted molar refractivity (Wildman–Crippen MR) is 138 cm³/mol. The number of hydrogen-bond donors (Lipinski definition) is 2. The van der Waals surface area contributed by atoms with Crippen LogP contribution >= 0.6 is 11.3 Å². The third kappa shape index (κ3) is 6.02. The van der Waals surface area contributed by atoms with Crippen LogP contribution in [0.5, 0.6) is 5.75 Å². The molecule has 198 valence electrons. The summed E-state index contributed by atoms with van der Waals surface area (Å²) in [5.41, 5.74) is -0.779. The summed E-state index contributed by atoms with van der Waals surface area (Å²) >= 11 is 1.34. The molecule has 0 radical (unpaired) electrons. The first-order chi connectivity index (χ1) is 17.2. The fourth-order valence-electron chi connectivity index (χ4n) is 5.94. The van der Waals surface area contributed by atoms with Crippen molar-refractivity contribution < 1.29 is 27.4 Å². The van der Waals surface area contributed by atoms with Crippen molar-refractivity contribution in [3.05, 3.63) is 33.9 Å². The average Bonchev–Trinajstić information content (AvgIpc) is 3.36. The van der Waals surface area contributed by atoms with E-state index in [1.807, 2.05) is 0 Å². The van der Waals surface area contributed by atoms with E-state index in [-0.39, 0.29) is 22.4 Å². The maximum absolute atomic E-state index is 14.2. The second kappa shape index (κ2) is 11.5. The topological polar surface area (TPSA) is 106 Å². The minimum absolute atomic E-state index is 0.0881. The molecule has 1 heterocycles. The van der Waals surface area contributed by atoms with Crippen molar-refractivity contribution in [1.29, 1.82) is 0 Å². The molecule has 2 saturated carbocycles. The van der Waals surface area contributed by atoms with E-state index in [0.717, 1.165) is 47.7 Å². The highest BCUT2D eigenvalue weighted by Crippen LogP contribution is 2.45. The van der Waals surface area contributed by atoms with E-state index in [4.69, 9.17) is 9.84 Å². The van der Waals surface area contributed by atoms with Gasteiger partial charge in [-0.25, -0.2) is 14.2 Å². The molecule has 0 spiro atoms. The number of sulfonamides is 1. The number of aromatic carboxylic acids is 1. The number of carboxylic acids is 1. The van der Waals surface area contributed by atoms with Crippen LogP contribution in [0.2, 0.25) is 0 Å². The number of benzene rings is 1. The number of carboxylic acid groups (broad SMARTS) is 1. The molecule has 0 bridgehead atoms. The lowest BCUT2D eigenvalue weighted by Crippen LogP contribution is -2.25. The van der Waals surface area contributed by atoms with Crippen LogP contribution in [0.1, 0.15) is 92.4 Å². The number of rotatable bonds is 9. The Balaban J connectivity index is 1.38. The summed E-state index contributed by atoms with van der Waals surface area (Å²) in [7, 11) is -2.84. The molecule has 2 aliphatic carbocycles. The fraction of sp³-hybridized carbons (Fsp3) is 0.615. The first-order valence-electron chi connectivity index (χ1n) is 12.8. The molecule has 36 heavy (non-hydrogen) atoms. The molecule has 4 rings (SSSR count). The monoisotopic (exact) mass is 538 g/mol. The zero-order valence-corrected chi connectivity index (χ0v) is 22.5. The first kappa shape index (κ1) is 26.9. The number of halogens is 1. The summed E-state index contributed by atoms with van der Waals surface area (Å²) in [5.74, 6) is 0.156. The summed E-state index contributed by atoms with van der Waals surface area (Å²) in [6.07, 6.45) is 12.5. The van der Waals surface area contributed by atoms with Gasteiger partial charge in [-0.15, -0.1) is 11.3 Å². The number of thiazole rings is 1. The van der Waals surface area contributed by atoms with Crippen molar-refractivity contribution in [2.45, 2.75) is 82.1 Å². The van der Waals surface area contributed by atoms with Crippen molar-refractivity contribution in [2.75, 3.05) is 11.8 Å². The highest BCUT2D eigenvalue weighted by molar-refractivity contribution is 7.92. The van der Waals surface area contributed by atoms with E-state index in [1.54, 1.807) is 0 Å². The number of ether oxygens (including phenoxy) is 1. The molecule has 7 nitrogen and oxygen atoms in total. The van der Waals surface area contributed by atoms with Gasteiger partial charge in [0.1, 0.15) is 11.6 Å². The van der Waals surface area contributed by atoms with Crippen LogP contribution < -0.4 is 9.46 Å². The Morgan fingerprint density at radius 2 is 1.78 bits per heavy atom. The average molecular weight is 539 g/mol. The Morgan fingerprint density at radius 3 is 2.36 bits per heavy atom. The molecule has 0 amide bonds. The second-order valence-electron chi connectivity index (χ2n) is 10.1. The number of anilines is 1. The lowest BCUT2D eigenvalue weighted by Gasteiger charge is -2.37. The summed E-state index contributed by atoms with van der Waals surface area (Å²) in [4.78, 5) is 15.6. The molecule has 10 heteroatoms. The number of aromatic nitrogens is 1. The number of nitrogens with one attached hydrogen (secondary N) is 1. The molecule has 2 aliphatic rings. The summed E-state index contributed by atoms with van der Waals surface area (Å²) in [5, 5.41) is 11.3. The van der Waals surface area contributed by atoms with Crippen molar-refractivity contribution in [2.24, 2.45) is 17.8 Å². The fourth-order valence-corrected chi connectivity index (χ4v) is 8.27. The molecule has 0 aliphatic heterocycles. The van der Waals surface area contributed by atoms with E-state index < -0.39 is 27.4 Å². The Labute approximate surface area is 216 Å². The summed E-state index contributed by atoms with van der Waals surface area (Å²) < 4.78 is 47.5. The van der Waals surface area contributed by atoms with Gasteiger partial charge in [0.2, 0.25) is 0 Å². The smallest absolute Gasteiger partial charge is 0.338 e. The van der Waals surface area contributed by atoms with Gasteiger partial charge < -0.3 is 9.84 Å². The van der Waals surface area contributed by atoms with Gasteiger partial charge in [-0.2, -0.15) is 8.42 Å². The van der Waals surface area contributed by atoms with Crippen LogP contribution in [-0.4, -0.2) is 31.6 Å². The number of methoxy groups -OCH3 is 1. The van der Waals surface area contributed by atoms with Gasteiger partial charge in [0, 0.05) is 17.4 Å². The molecule has 2 aromatic rings. The molecule has 1 aromatic carbocycles. The molecule has 0 atom stereocenters. The lowest BCUT2D eigenvalue weighted by molar-refractivity contribution is 0.0691. The van der Waals surface area contributed by atoms with Crippen molar-refractivity contribution in [1.82, 2.24) is 4.98 Å². The predicted octanol–water partition coefficient (Wildman–Crippen LogP) is 6.67. The van der Waals surface area contributed by atoms with Gasteiger partial charge in [-0.3, -0.25) is 4.72 Å². The summed E-state index contributed by atoms with van der Waals surface area (Å²) in [6.45, 7) is 2.27. The standard InChI is InChI=1S/C26H35FN2O5S2/c1-3-4-16-5-7-17(8-6-16)18-9-11-19(12-10-18)25-28-24(15-35-25)36(32,33)29-22-14-21(27)20(26(30)31)13-23(22)34-2/h13-19,29H,3-12H2,1-2H3,(H,30,31)/t16-,17-,18-,19-. The van der Waals surface area contributed by atoms with E-state index in [2.05, 4.69) is 16.6 Å². The van der Waals surface area contributed by atoms with Gasteiger partial charge in [-0.05, 0) is 62.3 Å². The second-order valence-corrected chi connectivity index (χ2v) is 12.7. The zero-order valence-electron chi connectivity index (χ0n) is 20.8. The van der Waals surface area contributed by atoms with Crippen LogP contribution in [-0.2, 0) is 10.0 Å². The maximum Gasteiger partial charge on any atom is 0.338 e. The Bertz CT molecular complexity index is 1170. The normalized spacial score (nSPS) is 24.9. The highest BCUT2D eigenvalue weighted by atomic mass is 32.2. The molecule has 1 aromatic heterocycles. The third-order valence-electron chi connectivity index (χ3n) is 7.92. The van der Waals surface area contributed by atoms with Crippen LogP contribution in [0.4, 0.5) is 10.1 Å². The molecule has 2 fully saturated rings. The Hall–Kier alpha value is -2.20. The van der Waals surface area contributed by atoms with Crippen molar-refractivity contribution in [3.8, 4) is 5.75 Å². The van der Waals surface area contributed by atoms with Crippen molar-refractivity contribution >= 4 is 33.0 Å². The van der Waals surface area contributed by atoms with Gasteiger partial charge in [0.25, 0.3) is 10.0 Å². The summed E-state index contributed by atoms with van der Waals surface area (Å²) in [6, 6.07) is 1.76. The van der Waals surface area contributed by atoms with Crippen LogP contribution in [0.3, 0.4) is 0 Å². The van der Waals surface area contributed by atoms with Gasteiger partial charge in [-0.1, -0.05) is 32.6 Å². The quantitative estimate of drug-likeness (QED) is 0.369.